The fraction of sp³-hybridized carbons (Fsp3) is 0.569. The number of hydrogen-bond acceptors (Lipinski definition) is 19. The normalized spacial score (nSPS) is 14.5. The van der Waals surface area contributed by atoms with E-state index in [1.807, 2.05) is 0 Å². The number of nitrogens with one attached hydrogen (secondary N) is 10. The molecule has 0 bridgehead atoms. The number of aliphatic hydroxyl groups excluding tert-OH is 1. The summed E-state index contributed by atoms with van der Waals surface area (Å²) in [6, 6.07) is -9.09. The van der Waals surface area contributed by atoms with Crippen LogP contribution < -0.4 is 88.0 Å². The van der Waals surface area contributed by atoms with Gasteiger partial charge in [-0.2, -0.15) is 12.6 Å². The number of rotatable bonds is 42. The van der Waals surface area contributed by atoms with Crippen LogP contribution in [0.1, 0.15) is 89.5 Å². The molecule has 86 heavy (non-hydrogen) atoms. The first-order valence-electron chi connectivity index (χ1n) is 27.4. The first-order valence-corrected chi connectivity index (χ1v) is 28.0. The summed E-state index contributed by atoms with van der Waals surface area (Å²) < 4.78 is 0. The number of nitrogens with two attached hydrogens (primary N) is 7. The highest BCUT2D eigenvalue weighted by atomic mass is 32.1. The molecule has 0 fully saturated rings. The summed E-state index contributed by atoms with van der Waals surface area (Å²) in [4.78, 5) is 178. The molecular weight excluding hydrogens is 1150 g/mol. The number of para-hydroxylation sites is 1. The number of carbonyl (C=O) groups excluding carboxylic acids is 11. The Morgan fingerprint density at radius 2 is 1.02 bits per heavy atom. The van der Waals surface area contributed by atoms with Crippen LogP contribution in [-0.4, -0.2) is 196 Å². The number of aliphatic imine (C=N–C) groups is 1. The number of amides is 11. The summed E-state index contributed by atoms with van der Waals surface area (Å²) in [5.41, 5.74) is 39.7. The molecule has 34 nitrogen and oxygen atoms in total. The average molecular weight is 1240 g/mol. The summed E-state index contributed by atoms with van der Waals surface area (Å²) in [5.74, 6) is -15.5. The Bertz CT molecular complexity index is 2710. The third kappa shape index (κ3) is 26.5. The lowest BCUT2D eigenvalue weighted by Crippen LogP contribution is -2.61. The molecule has 1 aromatic heterocycles. The third-order valence-electron chi connectivity index (χ3n) is 12.9. The molecule has 0 aliphatic carbocycles. The van der Waals surface area contributed by atoms with Crippen molar-refractivity contribution in [1.82, 2.24) is 52.8 Å². The van der Waals surface area contributed by atoms with Gasteiger partial charge in [0.15, 0.2) is 5.96 Å². The Kier molecular flexibility index (Phi) is 32.7. The van der Waals surface area contributed by atoms with Crippen molar-refractivity contribution in [3.05, 3.63) is 36.0 Å². The molecule has 0 spiro atoms. The van der Waals surface area contributed by atoms with Gasteiger partial charge in [0.05, 0.1) is 25.5 Å². The minimum Gasteiger partial charge on any atom is -0.481 e. The fourth-order valence-corrected chi connectivity index (χ4v) is 8.48. The zero-order valence-corrected chi connectivity index (χ0v) is 48.4. The largest absolute Gasteiger partial charge is 0.481 e. The van der Waals surface area contributed by atoms with E-state index in [1.54, 1.807) is 30.5 Å². The van der Waals surface area contributed by atoms with Gasteiger partial charge in [-0.15, -0.1) is 0 Å². The van der Waals surface area contributed by atoms with Crippen molar-refractivity contribution in [3.63, 3.8) is 0 Å². The van der Waals surface area contributed by atoms with Crippen LogP contribution in [-0.2, 0) is 68.7 Å². The maximum absolute atomic E-state index is 14.2. The Balaban J connectivity index is 2.34. The molecule has 0 saturated carbocycles. The quantitative estimate of drug-likeness (QED) is 0.0127. The van der Waals surface area contributed by atoms with E-state index in [-0.39, 0.29) is 57.6 Å². The van der Waals surface area contributed by atoms with Gasteiger partial charge >= 0.3 is 11.9 Å². The van der Waals surface area contributed by atoms with Crippen LogP contribution in [0.4, 0.5) is 0 Å². The standard InChI is InChI=1S/C51H82N18O16S/c1-25(41(75)68-36(23-70)48(82)62-30(12-5-7-17-53)43(77)64-32(50(84)85)13-8-18-59-51(57)58)61-45(79)35(21-40(73)74)67-44(78)31(14-15-38(55)71)63-49(83)37(24-86)69-46(80)33(19-26-22-60-29-11-3-2-9-27(26)29)66-47(81)34(20-39(56)72)65-42(76)28(54)10-4-6-16-52/h2-3,9,11,22,25,28,30-37,60,70,86H,4-8,10,12-21,23-24,52-54H2,1H3,(H2,55,71)(H2,56,72)(H,61,79)(H,62,82)(H,63,83)(H,64,77)(H,65,76)(H,66,81)(H,67,78)(H,68,75)(H,69,80)(H,73,74)(H,84,85)(H4,57,58,59)/t25-,28-,30-,31-,32-,33-,34-,35-,36-,37-/m0/s1. The number of aliphatic carboxylic acids is 2. The minimum atomic E-state index is -2.02. The predicted molar refractivity (Wildman–Crippen MR) is 312 cm³/mol. The monoisotopic (exact) mass is 1230 g/mol. The lowest BCUT2D eigenvalue weighted by molar-refractivity contribution is -0.143. The number of thiol groups is 1. The first-order chi connectivity index (χ1) is 40.6. The number of carboxylic acid groups (broad SMARTS) is 2. The number of nitrogens with zero attached hydrogens (tertiary/aromatic N) is 1. The second-order valence-corrected chi connectivity index (χ2v) is 20.2. The van der Waals surface area contributed by atoms with Crippen molar-refractivity contribution >= 4 is 106 Å². The molecule has 0 radical (unpaired) electrons. The van der Waals surface area contributed by atoms with Crippen molar-refractivity contribution in [1.29, 1.82) is 0 Å². The number of aromatic nitrogens is 1. The third-order valence-corrected chi connectivity index (χ3v) is 13.3. The molecule has 11 amide bonds. The van der Waals surface area contributed by atoms with Gasteiger partial charge in [0.1, 0.15) is 54.4 Å². The van der Waals surface area contributed by atoms with Gasteiger partial charge in [0, 0.05) is 42.2 Å². The number of aromatic amines is 1. The molecule has 1 heterocycles. The highest BCUT2D eigenvalue weighted by Crippen LogP contribution is 2.20. The number of hydrogen-bond donors (Lipinski definition) is 21. The zero-order chi connectivity index (χ0) is 64.6. The van der Waals surface area contributed by atoms with E-state index < -0.39 is 175 Å². The van der Waals surface area contributed by atoms with Crippen LogP contribution >= 0.6 is 12.6 Å². The van der Waals surface area contributed by atoms with E-state index in [2.05, 4.69) is 70.5 Å². The van der Waals surface area contributed by atoms with E-state index in [9.17, 15) is 77.6 Å². The number of carboxylic acids is 2. The van der Waals surface area contributed by atoms with Gasteiger partial charge in [0.25, 0.3) is 0 Å². The van der Waals surface area contributed by atoms with E-state index in [1.165, 1.54) is 0 Å². The maximum Gasteiger partial charge on any atom is 0.326 e. The van der Waals surface area contributed by atoms with Gasteiger partial charge in [0.2, 0.25) is 65.0 Å². The summed E-state index contributed by atoms with van der Waals surface area (Å²) in [6.45, 7) is 0.610. The molecule has 10 atom stereocenters. The summed E-state index contributed by atoms with van der Waals surface area (Å²) in [6.07, 6.45) is 0.180. The Labute approximate surface area is 499 Å². The van der Waals surface area contributed by atoms with E-state index in [4.69, 9.17) is 40.1 Å². The first kappa shape index (κ1) is 73.4. The highest BCUT2D eigenvalue weighted by molar-refractivity contribution is 7.80. The number of benzene rings is 1. The Hall–Kier alpha value is -8.67. The molecular formula is C51H82N18O16S. The Morgan fingerprint density at radius 3 is 1.59 bits per heavy atom. The number of unbranched alkanes of at least 4 members (excludes halogenated alkanes) is 2. The molecule has 0 aliphatic rings. The van der Waals surface area contributed by atoms with Crippen LogP contribution in [0.2, 0.25) is 0 Å². The van der Waals surface area contributed by atoms with Crippen LogP contribution in [0.25, 0.3) is 10.9 Å². The number of primary amides is 2. The number of H-pyrrole nitrogens is 1. The molecule has 2 aromatic rings. The summed E-state index contributed by atoms with van der Waals surface area (Å²) >= 11 is 4.21. The van der Waals surface area contributed by atoms with Gasteiger partial charge in [-0.3, -0.25) is 62.5 Å². The molecule has 0 unspecified atom stereocenters. The summed E-state index contributed by atoms with van der Waals surface area (Å²) in [7, 11) is 0. The smallest absolute Gasteiger partial charge is 0.326 e. The van der Waals surface area contributed by atoms with Crippen molar-refractivity contribution in [2.75, 3.05) is 32.0 Å². The topological polar surface area (TPSA) is 601 Å². The van der Waals surface area contributed by atoms with Crippen molar-refractivity contribution in [3.8, 4) is 0 Å². The van der Waals surface area contributed by atoms with E-state index >= 15 is 0 Å². The second-order valence-electron chi connectivity index (χ2n) is 19.9. The zero-order valence-electron chi connectivity index (χ0n) is 47.5. The fourth-order valence-electron chi connectivity index (χ4n) is 8.22. The minimum absolute atomic E-state index is 0.0536. The highest BCUT2D eigenvalue weighted by Gasteiger charge is 2.36. The van der Waals surface area contributed by atoms with Crippen LogP contribution in [0.15, 0.2) is 35.5 Å². The number of guanidine groups is 1. The molecule has 1 aromatic carbocycles. The molecule has 478 valence electrons. The molecule has 0 saturated heterocycles. The molecule has 0 aliphatic heterocycles. The number of aliphatic hydroxyl groups is 1. The molecule has 35 heteroatoms. The van der Waals surface area contributed by atoms with Gasteiger partial charge in [-0.1, -0.05) is 24.6 Å². The van der Waals surface area contributed by atoms with Crippen LogP contribution in [0.3, 0.4) is 0 Å². The van der Waals surface area contributed by atoms with Gasteiger partial charge < -0.3 is 108 Å². The lowest BCUT2D eigenvalue weighted by atomic mass is 10.0. The molecule has 27 N–H and O–H groups in total. The van der Waals surface area contributed by atoms with Crippen molar-refractivity contribution < 1.29 is 77.6 Å². The predicted octanol–water partition coefficient (Wildman–Crippen LogP) is -7.65. The lowest BCUT2D eigenvalue weighted by Gasteiger charge is -2.27. The Morgan fingerprint density at radius 1 is 0.547 bits per heavy atom. The van der Waals surface area contributed by atoms with Crippen molar-refractivity contribution in [2.45, 2.75) is 151 Å². The van der Waals surface area contributed by atoms with Gasteiger partial charge in [-0.05, 0) is 83.0 Å². The SMILES string of the molecule is C[C@H](NC(=O)[C@H](CC(=O)O)NC(=O)[C@H](CCC(N)=O)NC(=O)[C@H](CS)NC(=O)[C@H](Cc1c[nH]c2ccccc12)NC(=O)[C@H](CC(N)=O)NC(=O)[C@@H](N)CCCCN)C(=O)N[C@@H](CO)C(=O)N[C@@H](CCCCN)C(=O)N[C@@H](CCCN=C(N)N)C(=O)O. The average Bonchev–Trinajstić information content (AvgIpc) is 2.60. The van der Waals surface area contributed by atoms with Crippen LogP contribution in [0.5, 0.6) is 0 Å². The van der Waals surface area contributed by atoms with E-state index in [0.29, 0.717) is 42.3 Å². The second kappa shape index (κ2) is 38.3. The maximum atomic E-state index is 14.2. The number of carbonyl (C=O) groups is 13. The van der Waals surface area contributed by atoms with Crippen molar-refractivity contribution in [2.24, 2.45) is 45.1 Å². The summed E-state index contributed by atoms with van der Waals surface area (Å²) in [5, 5.41) is 51.1. The van der Waals surface area contributed by atoms with Gasteiger partial charge in [-0.25, -0.2) is 4.79 Å². The number of fused-ring (bicyclic) bond motifs is 1. The van der Waals surface area contributed by atoms with E-state index in [0.717, 1.165) is 6.92 Å². The van der Waals surface area contributed by atoms with Crippen LogP contribution in [0, 0.1) is 0 Å². The molecule has 2 rings (SSSR count).